The molecule has 0 radical (unpaired) electrons. The van der Waals surface area contributed by atoms with E-state index in [1.165, 1.54) is 16.3 Å². The smallest absolute Gasteiger partial charge is 0.127 e. The van der Waals surface area contributed by atoms with Crippen molar-refractivity contribution < 1.29 is 4.74 Å². The van der Waals surface area contributed by atoms with Crippen LogP contribution in [0, 0.1) is 0 Å². The Kier molecular flexibility index (Phi) is 6.56. The lowest BCUT2D eigenvalue weighted by Crippen LogP contribution is -1.98. The number of benzene rings is 4. The molecule has 0 bridgehead atoms. The molecule has 3 heteroatoms. The molecule has 0 fully saturated rings. The summed E-state index contributed by atoms with van der Waals surface area (Å²) in [5.74, 6) is 1.11. The van der Waals surface area contributed by atoms with Crippen molar-refractivity contribution in [1.29, 1.82) is 0 Å². The molecule has 0 aliphatic rings. The second kappa shape index (κ2) is 9.51. The Labute approximate surface area is 191 Å². The highest BCUT2D eigenvalue weighted by molar-refractivity contribution is 9.10. The summed E-state index contributed by atoms with van der Waals surface area (Å²) in [4.78, 5) is 0. The fourth-order valence-corrected chi connectivity index (χ4v) is 4.15. The van der Waals surface area contributed by atoms with Crippen molar-refractivity contribution in [3.05, 3.63) is 117 Å². The molecule has 150 valence electrons. The Morgan fingerprint density at radius 2 is 1.77 bits per heavy atom. The van der Waals surface area contributed by atoms with E-state index in [9.17, 15) is 0 Å². The SMILES string of the molecule is CC(C=Cc1c(OCc2cccc(Br)c2)ccc2ccccc12)c1cccc(Cl)c1. The average Bonchev–Trinajstić information content (AvgIpc) is 2.76. The summed E-state index contributed by atoms with van der Waals surface area (Å²) in [6.07, 6.45) is 4.38. The van der Waals surface area contributed by atoms with Crippen LogP contribution in [0.5, 0.6) is 5.75 Å². The summed E-state index contributed by atoms with van der Waals surface area (Å²) < 4.78 is 7.30. The predicted molar refractivity (Wildman–Crippen MR) is 131 cm³/mol. The number of ether oxygens (including phenoxy) is 1. The zero-order valence-corrected chi connectivity index (χ0v) is 19.0. The number of allylic oxidation sites excluding steroid dienone is 1. The first-order valence-electron chi connectivity index (χ1n) is 9.93. The topological polar surface area (TPSA) is 9.23 Å². The van der Waals surface area contributed by atoms with E-state index in [0.29, 0.717) is 6.61 Å². The van der Waals surface area contributed by atoms with Crippen LogP contribution < -0.4 is 4.74 Å². The molecule has 0 aliphatic heterocycles. The van der Waals surface area contributed by atoms with Crippen LogP contribution in [0.25, 0.3) is 16.8 Å². The molecule has 0 amide bonds. The number of hydrogen-bond acceptors (Lipinski definition) is 1. The molecule has 1 atom stereocenters. The molecule has 0 heterocycles. The van der Waals surface area contributed by atoms with Gasteiger partial charge in [-0.25, -0.2) is 0 Å². The van der Waals surface area contributed by atoms with E-state index in [-0.39, 0.29) is 5.92 Å². The Balaban J connectivity index is 1.66. The fraction of sp³-hybridized carbons (Fsp3) is 0.111. The molecule has 0 N–H and O–H groups in total. The molecule has 4 aromatic rings. The Morgan fingerprint density at radius 3 is 2.60 bits per heavy atom. The lowest BCUT2D eigenvalue weighted by Gasteiger charge is -2.13. The summed E-state index contributed by atoms with van der Waals surface area (Å²) in [5.41, 5.74) is 3.41. The maximum atomic E-state index is 6.25. The quantitative estimate of drug-likeness (QED) is 0.270. The van der Waals surface area contributed by atoms with Gasteiger partial charge in [0.05, 0.1) is 0 Å². The van der Waals surface area contributed by atoms with Crippen LogP contribution in [-0.4, -0.2) is 0 Å². The Hall–Kier alpha value is -2.55. The maximum Gasteiger partial charge on any atom is 0.127 e. The van der Waals surface area contributed by atoms with Gasteiger partial charge in [0.1, 0.15) is 12.4 Å². The second-order valence-corrected chi connectivity index (χ2v) is 8.67. The summed E-state index contributed by atoms with van der Waals surface area (Å²) in [6, 6.07) is 28.8. The molecule has 1 nitrogen and oxygen atoms in total. The van der Waals surface area contributed by atoms with Crippen LogP contribution in [0.3, 0.4) is 0 Å². The minimum absolute atomic E-state index is 0.237. The van der Waals surface area contributed by atoms with Crippen LogP contribution >= 0.6 is 27.5 Å². The normalized spacial score (nSPS) is 12.4. The van der Waals surface area contributed by atoms with Crippen molar-refractivity contribution >= 4 is 44.4 Å². The van der Waals surface area contributed by atoms with Gasteiger partial charge in [-0.2, -0.15) is 0 Å². The van der Waals surface area contributed by atoms with Gasteiger partial charge in [-0.05, 0) is 58.1 Å². The Bertz CT molecular complexity index is 1200. The van der Waals surface area contributed by atoms with Gasteiger partial charge in [0.25, 0.3) is 0 Å². The lowest BCUT2D eigenvalue weighted by atomic mass is 9.97. The number of hydrogen-bond donors (Lipinski definition) is 0. The van der Waals surface area contributed by atoms with Crippen LogP contribution in [0.1, 0.15) is 29.5 Å². The highest BCUT2D eigenvalue weighted by Gasteiger charge is 2.09. The predicted octanol–water partition coefficient (Wildman–Crippen LogP) is 8.65. The van der Waals surface area contributed by atoms with E-state index < -0.39 is 0 Å². The minimum Gasteiger partial charge on any atom is -0.488 e. The molecular weight excluding hydrogens is 456 g/mol. The first-order valence-corrected chi connectivity index (χ1v) is 11.1. The first-order chi connectivity index (χ1) is 14.6. The molecule has 0 saturated carbocycles. The molecule has 0 aromatic heterocycles. The van der Waals surface area contributed by atoms with Crippen molar-refractivity contribution in [1.82, 2.24) is 0 Å². The van der Waals surface area contributed by atoms with E-state index >= 15 is 0 Å². The van der Waals surface area contributed by atoms with Gasteiger partial charge in [-0.3, -0.25) is 0 Å². The van der Waals surface area contributed by atoms with Crippen LogP contribution in [0.4, 0.5) is 0 Å². The summed E-state index contributed by atoms with van der Waals surface area (Å²) in [7, 11) is 0. The third-order valence-corrected chi connectivity index (χ3v) is 5.87. The third kappa shape index (κ3) is 4.95. The van der Waals surface area contributed by atoms with Crippen LogP contribution in [0.15, 0.2) is 95.5 Å². The second-order valence-electron chi connectivity index (χ2n) is 7.32. The summed E-state index contributed by atoms with van der Waals surface area (Å²) in [5, 5.41) is 3.14. The third-order valence-electron chi connectivity index (χ3n) is 5.14. The van der Waals surface area contributed by atoms with E-state index in [4.69, 9.17) is 16.3 Å². The summed E-state index contributed by atoms with van der Waals surface area (Å²) in [6.45, 7) is 2.69. The van der Waals surface area contributed by atoms with Crippen molar-refractivity contribution in [2.24, 2.45) is 0 Å². The zero-order chi connectivity index (χ0) is 20.9. The molecule has 0 spiro atoms. The highest BCUT2D eigenvalue weighted by atomic mass is 79.9. The highest BCUT2D eigenvalue weighted by Crippen LogP contribution is 2.31. The molecule has 0 aliphatic carbocycles. The zero-order valence-electron chi connectivity index (χ0n) is 16.7. The molecular formula is C27H22BrClO. The molecule has 1 unspecified atom stereocenters. The van der Waals surface area contributed by atoms with Crippen molar-refractivity contribution in [2.75, 3.05) is 0 Å². The van der Waals surface area contributed by atoms with Gasteiger partial charge in [0.2, 0.25) is 0 Å². The van der Waals surface area contributed by atoms with Crippen molar-refractivity contribution in [3.8, 4) is 5.75 Å². The molecule has 30 heavy (non-hydrogen) atoms. The molecule has 4 rings (SSSR count). The van der Waals surface area contributed by atoms with Crippen molar-refractivity contribution in [3.63, 3.8) is 0 Å². The van der Waals surface area contributed by atoms with E-state index in [0.717, 1.165) is 26.4 Å². The van der Waals surface area contributed by atoms with Crippen LogP contribution in [-0.2, 0) is 6.61 Å². The minimum atomic E-state index is 0.237. The molecule has 4 aromatic carbocycles. The maximum absolute atomic E-state index is 6.25. The number of rotatable bonds is 6. The Morgan fingerprint density at radius 1 is 0.933 bits per heavy atom. The van der Waals surface area contributed by atoms with Gasteiger partial charge in [0.15, 0.2) is 0 Å². The van der Waals surface area contributed by atoms with Gasteiger partial charge in [0, 0.05) is 15.1 Å². The first kappa shape index (κ1) is 20.7. The standard InChI is InChI=1S/C27H22BrClO/c1-19(22-8-5-10-24(29)17-22)12-14-26-25-11-3-2-7-21(25)13-15-27(26)30-18-20-6-4-9-23(28)16-20/h2-17,19H,18H2,1H3. The number of halogens is 2. The van der Waals surface area contributed by atoms with Crippen LogP contribution in [0.2, 0.25) is 5.02 Å². The molecule has 0 saturated heterocycles. The van der Waals surface area contributed by atoms with Crippen molar-refractivity contribution in [2.45, 2.75) is 19.4 Å². The van der Waals surface area contributed by atoms with E-state index in [1.807, 2.05) is 30.3 Å². The lowest BCUT2D eigenvalue weighted by molar-refractivity contribution is 0.306. The largest absolute Gasteiger partial charge is 0.488 e. The van der Waals surface area contributed by atoms with E-state index in [1.54, 1.807) is 0 Å². The van der Waals surface area contributed by atoms with Gasteiger partial charge >= 0.3 is 0 Å². The summed E-state index contributed by atoms with van der Waals surface area (Å²) >= 11 is 9.70. The van der Waals surface area contributed by atoms with Gasteiger partial charge in [-0.1, -0.05) is 101 Å². The fourth-order valence-electron chi connectivity index (χ4n) is 3.50. The van der Waals surface area contributed by atoms with Gasteiger partial charge < -0.3 is 4.74 Å². The average molecular weight is 478 g/mol. The van der Waals surface area contributed by atoms with Gasteiger partial charge in [-0.15, -0.1) is 0 Å². The number of fused-ring (bicyclic) bond motifs is 1. The van der Waals surface area contributed by atoms with E-state index in [2.05, 4.69) is 89.6 Å². The monoisotopic (exact) mass is 476 g/mol.